The number of nitrogens with zero attached hydrogens (tertiary/aromatic N) is 8. The van der Waals surface area contributed by atoms with Crippen molar-refractivity contribution < 1.29 is 0 Å². The second kappa shape index (κ2) is 5.96. The molecule has 2 unspecified atom stereocenters. The fraction of sp³-hybridized carbons (Fsp3) is 0.300. The molecule has 0 aliphatic heterocycles. The van der Waals surface area contributed by atoms with E-state index in [1.54, 1.807) is 4.68 Å². The number of fused-ring (bicyclic) bond motifs is 1. The second-order valence-corrected chi connectivity index (χ2v) is 7.17. The SMILES string of the molecule is Cc1nc(C)n(-c2cc(C3CC3c3nc4ccccc4n3C)nc(C#N)n2)n1. The van der Waals surface area contributed by atoms with Gasteiger partial charge in [-0.2, -0.15) is 14.9 Å². The van der Waals surface area contributed by atoms with Gasteiger partial charge in [0.1, 0.15) is 23.5 Å². The summed E-state index contributed by atoms with van der Waals surface area (Å²) in [6.07, 6.45) is 0.952. The van der Waals surface area contributed by atoms with Gasteiger partial charge in [-0.1, -0.05) is 12.1 Å². The number of aromatic nitrogens is 7. The zero-order chi connectivity index (χ0) is 19.4. The monoisotopic (exact) mass is 370 g/mol. The molecule has 1 aliphatic carbocycles. The number of hydrogen-bond donors (Lipinski definition) is 0. The topological polar surface area (TPSA) is 98.1 Å². The van der Waals surface area contributed by atoms with E-state index < -0.39 is 0 Å². The average molecular weight is 370 g/mol. The summed E-state index contributed by atoms with van der Waals surface area (Å²) in [6, 6.07) is 12.1. The summed E-state index contributed by atoms with van der Waals surface area (Å²) in [7, 11) is 2.05. The molecule has 0 saturated heterocycles. The van der Waals surface area contributed by atoms with E-state index in [0.717, 1.165) is 34.8 Å². The summed E-state index contributed by atoms with van der Waals surface area (Å²) in [5.41, 5.74) is 2.98. The van der Waals surface area contributed by atoms with E-state index in [0.29, 0.717) is 11.6 Å². The number of rotatable bonds is 3. The van der Waals surface area contributed by atoms with Crippen LogP contribution >= 0.6 is 0 Å². The number of imidazole rings is 1. The number of benzene rings is 1. The lowest BCUT2D eigenvalue weighted by molar-refractivity contribution is 0.774. The molecule has 1 aliphatic rings. The molecule has 3 aromatic heterocycles. The third-order valence-corrected chi connectivity index (χ3v) is 5.25. The third kappa shape index (κ3) is 2.55. The predicted molar refractivity (Wildman–Crippen MR) is 102 cm³/mol. The predicted octanol–water partition coefficient (Wildman–Crippen LogP) is 2.70. The van der Waals surface area contributed by atoms with Crippen molar-refractivity contribution in [2.75, 3.05) is 0 Å². The molecule has 4 aromatic rings. The molecule has 3 heterocycles. The highest BCUT2D eigenvalue weighted by Gasteiger charge is 2.44. The van der Waals surface area contributed by atoms with Gasteiger partial charge in [0.15, 0.2) is 5.82 Å². The molecule has 28 heavy (non-hydrogen) atoms. The first-order valence-corrected chi connectivity index (χ1v) is 9.16. The highest BCUT2D eigenvalue weighted by Crippen LogP contribution is 2.54. The van der Waals surface area contributed by atoms with E-state index in [4.69, 9.17) is 4.98 Å². The Morgan fingerprint density at radius 1 is 1.07 bits per heavy atom. The highest BCUT2D eigenvalue weighted by molar-refractivity contribution is 5.76. The summed E-state index contributed by atoms with van der Waals surface area (Å²) in [6.45, 7) is 3.70. The lowest BCUT2D eigenvalue weighted by Gasteiger charge is -2.06. The van der Waals surface area contributed by atoms with Crippen LogP contribution in [0.3, 0.4) is 0 Å². The Morgan fingerprint density at radius 3 is 2.61 bits per heavy atom. The van der Waals surface area contributed by atoms with Crippen molar-refractivity contribution in [3.05, 3.63) is 59.3 Å². The molecule has 138 valence electrons. The maximum absolute atomic E-state index is 9.40. The minimum Gasteiger partial charge on any atom is -0.331 e. The molecular weight excluding hydrogens is 352 g/mol. The van der Waals surface area contributed by atoms with Crippen LogP contribution in [0.4, 0.5) is 0 Å². The Balaban J connectivity index is 1.54. The van der Waals surface area contributed by atoms with Crippen LogP contribution in [0.1, 0.15) is 47.2 Å². The minimum atomic E-state index is 0.149. The molecule has 2 atom stereocenters. The van der Waals surface area contributed by atoms with E-state index in [9.17, 15) is 5.26 Å². The van der Waals surface area contributed by atoms with Gasteiger partial charge >= 0.3 is 0 Å². The molecule has 5 rings (SSSR count). The molecular formula is C20H18N8. The van der Waals surface area contributed by atoms with Crippen molar-refractivity contribution in [2.24, 2.45) is 7.05 Å². The Bertz CT molecular complexity index is 1260. The van der Waals surface area contributed by atoms with Gasteiger partial charge in [-0.15, -0.1) is 5.10 Å². The lowest BCUT2D eigenvalue weighted by Crippen LogP contribution is -2.07. The molecule has 1 aromatic carbocycles. The minimum absolute atomic E-state index is 0.149. The quantitative estimate of drug-likeness (QED) is 0.550. The molecule has 1 fully saturated rings. The van der Waals surface area contributed by atoms with Gasteiger partial charge in [0.2, 0.25) is 5.82 Å². The van der Waals surface area contributed by atoms with Crippen LogP contribution in [0.2, 0.25) is 0 Å². The van der Waals surface area contributed by atoms with Crippen molar-refractivity contribution >= 4 is 11.0 Å². The van der Waals surface area contributed by atoms with Crippen molar-refractivity contribution in [2.45, 2.75) is 32.1 Å². The second-order valence-electron chi connectivity index (χ2n) is 7.17. The van der Waals surface area contributed by atoms with Gasteiger partial charge in [-0.05, 0) is 32.4 Å². The van der Waals surface area contributed by atoms with Crippen LogP contribution in [0.25, 0.3) is 16.9 Å². The van der Waals surface area contributed by atoms with Crippen LogP contribution in [-0.2, 0) is 7.05 Å². The molecule has 1 saturated carbocycles. The molecule has 0 amide bonds. The third-order valence-electron chi connectivity index (χ3n) is 5.25. The Morgan fingerprint density at radius 2 is 1.89 bits per heavy atom. The smallest absolute Gasteiger partial charge is 0.234 e. The van der Waals surface area contributed by atoms with Crippen LogP contribution in [0, 0.1) is 25.2 Å². The maximum atomic E-state index is 9.40. The molecule has 0 N–H and O–H groups in total. The van der Waals surface area contributed by atoms with Gasteiger partial charge in [0.05, 0.1) is 16.7 Å². The summed E-state index contributed by atoms with van der Waals surface area (Å²) in [5, 5.41) is 13.8. The average Bonchev–Trinajstić information content (AvgIpc) is 3.33. The molecule has 8 heteroatoms. The van der Waals surface area contributed by atoms with E-state index in [2.05, 4.69) is 36.8 Å². The highest BCUT2D eigenvalue weighted by atomic mass is 15.4. The lowest BCUT2D eigenvalue weighted by atomic mass is 10.2. The molecule has 0 spiro atoms. The van der Waals surface area contributed by atoms with Gasteiger partial charge < -0.3 is 4.57 Å². The van der Waals surface area contributed by atoms with E-state index in [-0.39, 0.29) is 17.7 Å². The van der Waals surface area contributed by atoms with E-state index in [1.807, 2.05) is 45.2 Å². The Kier molecular flexibility index (Phi) is 3.52. The Hall–Kier alpha value is -3.60. The molecule has 8 nitrogen and oxygen atoms in total. The molecule has 0 radical (unpaired) electrons. The summed E-state index contributed by atoms with van der Waals surface area (Å²) >= 11 is 0. The standard InChI is InChI=1S/C20H18N8/c1-11-22-12(2)28(26-11)19-9-16(23-18(10-21)25-19)13-8-14(13)20-24-15-6-4-5-7-17(15)27(20)3/h4-7,9,13-14H,8H2,1-3H3. The van der Waals surface area contributed by atoms with Gasteiger partial charge in [0, 0.05) is 24.9 Å². The number of nitriles is 1. The normalized spacial score (nSPS) is 18.4. The first-order chi connectivity index (χ1) is 13.5. The van der Waals surface area contributed by atoms with Crippen molar-refractivity contribution in [3.63, 3.8) is 0 Å². The fourth-order valence-corrected chi connectivity index (χ4v) is 3.84. The largest absolute Gasteiger partial charge is 0.331 e. The first kappa shape index (κ1) is 16.6. The van der Waals surface area contributed by atoms with Crippen LogP contribution in [-0.4, -0.2) is 34.3 Å². The first-order valence-electron chi connectivity index (χ1n) is 9.16. The number of para-hydroxylation sites is 2. The van der Waals surface area contributed by atoms with Crippen LogP contribution < -0.4 is 0 Å². The summed E-state index contributed by atoms with van der Waals surface area (Å²) in [4.78, 5) is 17.9. The van der Waals surface area contributed by atoms with E-state index in [1.165, 1.54) is 0 Å². The van der Waals surface area contributed by atoms with Gasteiger partial charge in [-0.3, -0.25) is 0 Å². The zero-order valence-corrected chi connectivity index (χ0v) is 15.8. The zero-order valence-electron chi connectivity index (χ0n) is 15.8. The van der Waals surface area contributed by atoms with Crippen LogP contribution in [0.5, 0.6) is 0 Å². The fourth-order valence-electron chi connectivity index (χ4n) is 3.84. The van der Waals surface area contributed by atoms with Crippen molar-refractivity contribution in [3.8, 4) is 11.9 Å². The van der Waals surface area contributed by atoms with Crippen LogP contribution in [0.15, 0.2) is 30.3 Å². The summed E-state index contributed by atoms with van der Waals surface area (Å²) in [5.74, 6) is 3.68. The van der Waals surface area contributed by atoms with Gasteiger partial charge in [0.25, 0.3) is 0 Å². The summed E-state index contributed by atoms with van der Waals surface area (Å²) < 4.78 is 3.81. The van der Waals surface area contributed by atoms with Gasteiger partial charge in [-0.25, -0.2) is 15.0 Å². The maximum Gasteiger partial charge on any atom is 0.234 e. The molecule has 0 bridgehead atoms. The number of hydrogen-bond acceptors (Lipinski definition) is 6. The number of aryl methyl sites for hydroxylation is 3. The van der Waals surface area contributed by atoms with Crippen molar-refractivity contribution in [1.82, 2.24) is 34.3 Å². The van der Waals surface area contributed by atoms with Crippen molar-refractivity contribution in [1.29, 1.82) is 5.26 Å². The Labute approximate surface area is 161 Å². The van der Waals surface area contributed by atoms with E-state index >= 15 is 0 Å².